The van der Waals surface area contributed by atoms with Crippen molar-refractivity contribution < 1.29 is 38.3 Å². The van der Waals surface area contributed by atoms with E-state index >= 15 is 0 Å². The molecule has 2 aromatic rings. The molecule has 2 aliphatic rings. The van der Waals surface area contributed by atoms with Crippen LogP contribution in [0.1, 0.15) is 31.9 Å². The second-order valence-electron chi connectivity index (χ2n) is 9.39. The number of fused-ring (bicyclic) bond motifs is 1. The van der Waals surface area contributed by atoms with E-state index in [1.807, 2.05) is 68.4 Å². The van der Waals surface area contributed by atoms with E-state index in [1.165, 1.54) is 0 Å². The summed E-state index contributed by atoms with van der Waals surface area (Å²) in [5.74, 6) is 0.0294. The molecule has 0 radical (unpaired) electrons. The summed E-state index contributed by atoms with van der Waals surface area (Å²) in [6.07, 6.45) is 0.322. The number of hydrogen-bond donors (Lipinski definition) is 1. The van der Waals surface area contributed by atoms with Crippen LogP contribution in [0, 0.1) is 0 Å². The monoisotopic (exact) mass is 500 g/mol. The maximum atomic E-state index is 10.6. The fraction of sp³-hybridized carbons (Fsp3) is 0.500. The molecule has 8 heteroatoms. The summed E-state index contributed by atoms with van der Waals surface area (Å²) in [6.45, 7) is 6.39. The van der Waals surface area contributed by atoms with E-state index in [4.69, 9.17) is 33.2 Å². The molecule has 0 saturated carbocycles. The lowest BCUT2D eigenvalue weighted by atomic mass is 10.1. The average molecular weight is 501 g/mol. The first kappa shape index (κ1) is 26.8. The highest BCUT2D eigenvalue weighted by molar-refractivity contribution is 5.26. The largest absolute Gasteiger partial charge is 0.497 e. The number of aliphatic hydroxyl groups is 1. The van der Waals surface area contributed by atoms with Crippen molar-refractivity contribution in [3.63, 3.8) is 0 Å². The second kappa shape index (κ2) is 12.3. The van der Waals surface area contributed by atoms with E-state index in [0.29, 0.717) is 13.2 Å². The third kappa shape index (κ3) is 7.14. The van der Waals surface area contributed by atoms with Gasteiger partial charge < -0.3 is 38.3 Å². The predicted molar refractivity (Wildman–Crippen MR) is 132 cm³/mol. The van der Waals surface area contributed by atoms with Crippen LogP contribution in [0.5, 0.6) is 5.75 Å². The molecule has 8 nitrogen and oxygen atoms in total. The quantitative estimate of drug-likeness (QED) is 0.266. The van der Waals surface area contributed by atoms with Crippen LogP contribution in [-0.2, 0) is 41.6 Å². The van der Waals surface area contributed by atoms with E-state index in [9.17, 15) is 5.11 Å². The van der Waals surface area contributed by atoms with Gasteiger partial charge in [0.15, 0.2) is 12.1 Å². The Bertz CT molecular complexity index is 961. The Morgan fingerprint density at radius 1 is 1.00 bits per heavy atom. The zero-order valence-corrected chi connectivity index (χ0v) is 21.2. The number of hydrogen-bond acceptors (Lipinski definition) is 8. The average Bonchev–Trinajstić information content (AvgIpc) is 3.35. The van der Waals surface area contributed by atoms with E-state index in [1.54, 1.807) is 26.2 Å². The van der Waals surface area contributed by atoms with Gasteiger partial charge in [0.2, 0.25) is 0 Å². The topological polar surface area (TPSA) is 84.8 Å². The van der Waals surface area contributed by atoms with Crippen molar-refractivity contribution in [2.24, 2.45) is 0 Å². The molecule has 0 bridgehead atoms. The van der Waals surface area contributed by atoms with Crippen LogP contribution in [0.15, 0.2) is 66.7 Å². The van der Waals surface area contributed by atoms with E-state index in [-0.39, 0.29) is 12.9 Å². The van der Waals surface area contributed by atoms with Gasteiger partial charge in [0.25, 0.3) is 0 Å². The molecule has 6 atom stereocenters. The van der Waals surface area contributed by atoms with Crippen molar-refractivity contribution in [3.05, 3.63) is 77.9 Å². The Morgan fingerprint density at radius 3 is 2.44 bits per heavy atom. The van der Waals surface area contributed by atoms with Crippen LogP contribution in [0.3, 0.4) is 0 Å². The number of ether oxygens (including phenoxy) is 7. The fourth-order valence-electron chi connectivity index (χ4n) is 4.13. The van der Waals surface area contributed by atoms with Gasteiger partial charge in [-0.2, -0.15) is 0 Å². The maximum Gasteiger partial charge on any atom is 0.190 e. The van der Waals surface area contributed by atoms with Crippen LogP contribution in [0.4, 0.5) is 0 Å². The first-order chi connectivity index (χ1) is 17.3. The van der Waals surface area contributed by atoms with Crippen molar-refractivity contribution in [2.45, 2.75) is 76.6 Å². The van der Waals surface area contributed by atoms with Crippen LogP contribution in [0.25, 0.3) is 0 Å². The third-order valence-electron chi connectivity index (χ3n) is 6.13. The number of aliphatic hydroxyl groups excluding tert-OH is 1. The van der Waals surface area contributed by atoms with Crippen LogP contribution in [0.2, 0.25) is 0 Å². The molecular weight excluding hydrogens is 464 g/mol. The lowest BCUT2D eigenvalue weighted by molar-refractivity contribution is -0.213. The molecule has 2 heterocycles. The Labute approximate surface area is 212 Å². The lowest BCUT2D eigenvalue weighted by Gasteiger charge is -2.25. The molecule has 2 aliphatic heterocycles. The normalized spacial score (nSPS) is 26.7. The van der Waals surface area contributed by atoms with Crippen LogP contribution < -0.4 is 4.74 Å². The molecule has 1 N–H and O–H groups in total. The number of rotatable bonds is 12. The summed E-state index contributed by atoms with van der Waals surface area (Å²) < 4.78 is 40.7. The minimum Gasteiger partial charge on any atom is -0.497 e. The minimum atomic E-state index is -0.852. The summed E-state index contributed by atoms with van der Waals surface area (Å²) in [5, 5.41) is 10.6. The zero-order valence-electron chi connectivity index (χ0n) is 21.2. The summed E-state index contributed by atoms with van der Waals surface area (Å²) >= 11 is 0. The van der Waals surface area contributed by atoms with E-state index in [2.05, 4.69) is 0 Å². The van der Waals surface area contributed by atoms with Crippen molar-refractivity contribution in [3.8, 4) is 5.75 Å². The summed E-state index contributed by atoms with van der Waals surface area (Å²) in [7, 11) is 1.63. The molecule has 0 spiro atoms. The van der Waals surface area contributed by atoms with Gasteiger partial charge in [-0.05, 0) is 44.0 Å². The molecule has 2 fully saturated rings. The molecular formula is C28H36O8. The zero-order chi connectivity index (χ0) is 25.5. The summed E-state index contributed by atoms with van der Waals surface area (Å²) in [4.78, 5) is 0. The molecule has 0 unspecified atom stereocenters. The highest BCUT2D eigenvalue weighted by atomic mass is 16.8. The van der Waals surface area contributed by atoms with Gasteiger partial charge in [0.05, 0.1) is 32.5 Å². The summed E-state index contributed by atoms with van der Waals surface area (Å²) in [6, 6.07) is 17.5. The molecule has 0 amide bonds. The Hall–Kier alpha value is -2.30. The van der Waals surface area contributed by atoms with Gasteiger partial charge in [0.1, 0.15) is 30.9 Å². The molecule has 2 aromatic carbocycles. The first-order valence-corrected chi connectivity index (χ1v) is 12.2. The molecule has 4 rings (SSSR count). The van der Waals surface area contributed by atoms with Crippen molar-refractivity contribution >= 4 is 0 Å². The van der Waals surface area contributed by atoms with E-state index < -0.39 is 36.5 Å². The highest BCUT2D eigenvalue weighted by Gasteiger charge is 2.54. The molecule has 2 saturated heterocycles. The number of benzene rings is 2. The van der Waals surface area contributed by atoms with Gasteiger partial charge in [-0.1, -0.05) is 54.6 Å². The Morgan fingerprint density at radius 2 is 1.72 bits per heavy atom. The molecule has 36 heavy (non-hydrogen) atoms. The molecule has 196 valence electrons. The molecule has 0 aromatic heterocycles. The van der Waals surface area contributed by atoms with Gasteiger partial charge in [-0.15, -0.1) is 0 Å². The Kier molecular flexibility index (Phi) is 9.14. The number of methoxy groups -OCH3 is 1. The smallest absolute Gasteiger partial charge is 0.190 e. The predicted octanol–water partition coefficient (Wildman–Crippen LogP) is 3.95. The van der Waals surface area contributed by atoms with Gasteiger partial charge >= 0.3 is 0 Å². The standard InChI is InChI=1S/C28H36O8/c1-19(33-18-31-16-20-8-6-5-7-9-20)23(29)14-15-24-25(26-27(34-24)36-28(2,3)35-26)32-17-21-10-12-22(30-4)13-11-21/h5-15,19,23-27,29H,16-18H2,1-4H3/b15-14+/t19-,23+,24-,25-,26-,27-/m1/s1. The minimum absolute atomic E-state index is 0.0788. The second-order valence-corrected chi connectivity index (χ2v) is 9.39. The third-order valence-corrected chi connectivity index (χ3v) is 6.13. The van der Waals surface area contributed by atoms with Gasteiger partial charge in [-0.3, -0.25) is 0 Å². The van der Waals surface area contributed by atoms with Gasteiger partial charge in [0, 0.05) is 0 Å². The SMILES string of the molecule is COc1ccc(CO[C@H]2[C@H]3OC(C)(C)O[C@H]3O[C@@H]2/C=C/[C@H](O)[C@@H](C)OCOCc2ccccc2)cc1. The lowest BCUT2D eigenvalue weighted by Crippen LogP contribution is -2.36. The maximum absolute atomic E-state index is 10.6. The highest BCUT2D eigenvalue weighted by Crippen LogP contribution is 2.39. The van der Waals surface area contributed by atoms with Crippen molar-refractivity contribution in [1.29, 1.82) is 0 Å². The van der Waals surface area contributed by atoms with Crippen molar-refractivity contribution in [1.82, 2.24) is 0 Å². The van der Waals surface area contributed by atoms with E-state index in [0.717, 1.165) is 16.9 Å². The van der Waals surface area contributed by atoms with Gasteiger partial charge in [-0.25, -0.2) is 0 Å². The summed E-state index contributed by atoms with van der Waals surface area (Å²) in [5.41, 5.74) is 2.06. The Balaban J connectivity index is 1.30. The van der Waals surface area contributed by atoms with Crippen LogP contribution in [-0.4, -0.2) is 61.6 Å². The van der Waals surface area contributed by atoms with Crippen molar-refractivity contribution in [2.75, 3.05) is 13.9 Å². The fourth-order valence-corrected chi connectivity index (χ4v) is 4.13. The molecule has 0 aliphatic carbocycles. The first-order valence-electron chi connectivity index (χ1n) is 12.2. The van der Waals surface area contributed by atoms with Crippen LogP contribution >= 0.6 is 0 Å².